The molecule has 0 radical (unpaired) electrons. The molecule has 2 nitrogen and oxygen atoms in total. The predicted molar refractivity (Wildman–Crippen MR) is 92.4 cm³/mol. The predicted octanol–water partition coefficient (Wildman–Crippen LogP) is 4.82. The molecule has 1 aromatic heterocycles. The Balaban J connectivity index is 1.93. The van der Waals surface area contributed by atoms with E-state index in [1.807, 2.05) is 18.3 Å². The molecule has 0 fully saturated rings. The van der Waals surface area contributed by atoms with Crippen LogP contribution < -0.4 is 0 Å². The number of benzene rings is 1. The summed E-state index contributed by atoms with van der Waals surface area (Å²) in [5, 5.41) is 0.761. The Kier molecular flexibility index (Phi) is 4.70. The second-order valence-electron chi connectivity index (χ2n) is 5.75. The van der Waals surface area contributed by atoms with Crippen LogP contribution in [0.5, 0.6) is 0 Å². The number of nitrogens with one attached hydrogen (secondary N) is 1. The van der Waals surface area contributed by atoms with Gasteiger partial charge in [-0.25, -0.2) is 4.98 Å². The molecule has 1 aliphatic carbocycles. The fraction of sp³-hybridized carbons (Fsp3) is 0.278. The van der Waals surface area contributed by atoms with Gasteiger partial charge < -0.3 is 4.98 Å². The Hall–Kier alpha value is -1.51. The molecule has 0 saturated carbocycles. The number of hydrogen-bond donors (Lipinski definition) is 1. The first-order chi connectivity index (χ1) is 10.7. The van der Waals surface area contributed by atoms with Gasteiger partial charge in [0.05, 0.1) is 0 Å². The van der Waals surface area contributed by atoms with Crippen LogP contribution in [-0.4, -0.2) is 15.8 Å². The summed E-state index contributed by atoms with van der Waals surface area (Å²) in [4.78, 5) is 7.62. The summed E-state index contributed by atoms with van der Waals surface area (Å²) in [6.07, 6.45) is 14.1. The summed E-state index contributed by atoms with van der Waals surface area (Å²) >= 11 is 12.3. The van der Waals surface area contributed by atoms with E-state index in [1.165, 1.54) is 5.56 Å². The number of aromatic nitrogens is 2. The molecular formula is C18H18Cl2N2. The van der Waals surface area contributed by atoms with Gasteiger partial charge in [-0.15, -0.1) is 11.6 Å². The maximum absolute atomic E-state index is 6.26. The number of allylic oxidation sites excluding steroid dienone is 4. The highest BCUT2D eigenvalue weighted by Gasteiger charge is 2.37. The number of rotatable bonds is 5. The van der Waals surface area contributed by atoms with Crippen molar-refractivity contribution in [3.63, 3.8) is 0 Å². The van der Waals surface area contributed by atoms with Gasteiger partial charge in [0.1, 0.15) is 5.82 Å². The number of alkyl halides is 1. The molecule has 1 N–H and O–H groups in total. The summed E-state index contributed by atoms with van der Waals surface area (Å²) in [6, 6.07) is 8.05. The lowest BCUT2D eigenvalue weighted by Gasteiger charge is -2.37. The molecule has 0 saturated heterocycles. The van der Waals surface area contributed by atoms with E-state index in [2.05, 4.69) is 46.4 Å². The van der Waals surface area contributed by atoms with Crippen LogP contribution in [-0.2, 0) is 12.8 Å². The first-order valence-electron chi connectivity index (χ1n) is 7.36. The van der Waals surface area contributed by atoms with Crippen LogP contribution in [0.25, 0.3) is 0 Å². The van der Waals surface area contributed by atoms with Gasteiger partial charge in [0.15, 0.2) is 0 Å². The normalized spacial score (nSPS) is 23.8. The molecule has 0 aliphatic heterocycles. The quantitative estimate of drug-likeness (QED) is 0.781. The highest BCUT2D eigenvalue weighted by molar-refractivity contribution is 6.30. The summed E-state index contributed by atoms with van der Waals surface area (Å²) in [7, 11) is 0. The lowest BCUT2D eigenvalue weighted by atomic mass is 9.67. The zero-order valence-electron chi connectivity index (χ0n) is 12.2. The molecule has 3 rings (SSSR count). The van der Waals surface area contributed by atoms with Crippen LogP contribution in [0, 0.1) is 11.3 Å². The second kappa shape index (κ2) is 6.72. The Morgan fingerprint density at radius 1 is 1.14 bits per heavy atom. The van der Waals surface area contributed by atoms with Crippen LogP contribution in [0.3, 0.4) is 0 Å². The maximum Gasteiger partial charge on any atom is 0.106 e. The van der Waals surface area contributed by atoms with Crippen molar-refractivity contribution in [2.45, 2.75) is 12.8 Å². The first-order valence-corrected chi connectivity index (χ1v) is 8.28. The van der Waals surface area contributed by atoms with Gasteiger partial charge in [-0.05, 0) is 24.1 Å². The van der Waals surface area contributed by atoms with Gasteiger partial charge in [-0.3, -0.25) is 0 Å². The van der Waals surface area contributed by atoms with E-state index in [4.69, 9.17) is 23.2 Å². The summed E-state index contributed by atoms with van der Waals surface area (Å²) in [6.45, 7) is 0. The molecule has 1 aliphatic rings. The Morgan fingerprint density at radius 3 is 2.64 bits per heavy atom. The van der Waals surface area contributed by atoms with Crippen LogP contribution >= 0.6 is 23.2 Å². The van der Waals surface area contributed by atoms with E-state index < -0.39 is 0 Å². The number of imidazole rings is 1. The van der Waals surface area contributed by atoms with E-state index in [9.17, 15) is 0 Å². The van der Waals surface area contributed by atoms with Gasteiger partial charge in [0.2, 0.25) is 0 Å². The van der Waals surface area contributed by atoms with Crippen molar-refractivity contribution in [3.8, 4) is 0 Å². The molecule has 1 aromatic carbocycles. The monoisotopic (exact) mass is 332 g/mol. The number of hydrogen-bond acceptors (Lipinski definition) is 1. The average Bonchev–Trinajstić information content (AvgIpc) is 3.03. The fourth-order valence-electron chi connectivity index (χ4n) is 3.10. The highest BCUT2D eigenvalue weighted by Crippen LogP contribution is 2.40. The lowest BCUT2D eigenvalue weighted by molar-refractivity contribution is 0.282. The fourth-order valence-corrected chi connectivity index (χ4v) is 3.63. The van der Waals surface area contributed by atoms with Crippen molar-refractivity contribution in [3.05, 3.63) is 77.4 Å². The Labute approximate surface area is 140 Å². The van der Waals surface area contributed by atoms with E-state index in [-0.39, 0.29) is 11.3 Å². The Morgan fingerprint density at radius 2 is 1.95 bits per heavy atom. The third-order valence-corrected chi connectivity index (χ3v) is 4.87. The lowest BCUT2D eigenvalue weighted by Crippen LogP contribution is -2.35. The molecule has 2 unspecified atom stereocenters. The largest absolute Gasteiger partial charge is 0.349 e. The average molecular weight is 333 g/mol. The smallest absolute Gasteiger partial charge is 0.106 e. The minimum Gasteiger partial charge on any atom is -0.349 e. The van der Waals surface area contributed by atoms with Gasteiger partial charge in [-0.1, -0.05) is 48.0 Å². The molecule has 22 heavy (non-hydrogen) atoms. The third kappa shape index (κ3) is 3.29. The molecule has 1 heterocycles. The molecule has 4 heteroatoms. The van der Waals surface area contributed by atoms with Crippen LogP contribution in [0.1, 0.15) is 11.4 Å². The number of aromatic amines is 1. The van der Waals surface area contributed by atoms with Crippen LogP contribution in [0.15, 0.2) is 61.0 Å². The van der Waals surface area contributed by atoms with Crippen LogP contribution in [0.2, 0.25) is 5.02 Å². The molecule has 0 bridgehead atoms. The molecule has 2 atom stereocenters. The molecule has 114 valence electrons. The zero-order chi connectivity index (χ0) is 15.4. The second-order valence-corrected chi connectivity index (χ2v) is 6.50. The van der Waals surface area contributed by atoms with Gasteiger partial charge >= 0.3 is 0 Å². The number of nitrogens with zero attached hydrogens (tertiary/aromatic N) is 1. The third-order valence-electron chi connectivity index (χ3n) is 4.29. The van der Waals surface area contributed by atoms with Crippen molar-refractivity contribution in [1.29, 1.82) is 0 Å². The van der Waals surface area contributed by atoms with Crippen molar-refractivity contribution in [2.75, 3.05) is 5.88 Å². The first kappa shape index (κ1) is 15.4. The number of halogens is 2. The zero-order valence-corrected chi connectivity index (χ0v) is 13.7. The summed E-state index contributed by atoms with van der Waals surface area (Å²) in [5.41, 5.74) is 1.19. The minimum absolute atomic E-state index is 0.0673. The van der Waals surface area contributed by atoms with E-state index in [0.29, 0.717) is 5.88 Å². The van der Waals surface area contributed by atoms with E-state index in [0.717, 1.165) is 23.7 Å². The molecule has 0 amide bonds. The highest BCUT2D eigenvalue weighted by atomic mass is 35.5. The van der Waals surface area contributed by atoms with E-state index >= 15 is 0 Å². The van der Waals surface area contributed by atoms with Crippen molar-refractivity contribution in [1.82, 2.24) is 9.97 Å². The van der Waals surface area contributed by atoms with Crippen molar-refractivity contribution in [2.24, 2.45) is 11.3 Å². The molecule has 2 aromatic rings. The van der Waals surface area contributed by atoms with Crippen molar-refractivity contribution >= 4 is 23.2 Å². The Bertz CT molecular complexity index is 659. The topological polar surface area (TPSA) is 28.7 Å². The standard InChI is InChI=1S/C18H18Cl2N2/c19-13-15-3-1-2-8-18(15,12-17-21-9-10-22-17)11-14-4-6-16(20)7-5-14/h1-10,15H,11-13H2,(H,21,22). The summed E-state index contributed by atoms with van der Waals surface area (Å²) < 4.78 is 0. The van der Waals surface area contributed by atoms with Gasteiger partial charge in [-0.2, -0.15) is 0 Å². The maximum atomic E-state index is 6.26. The molecular weight excluding hydrogens is 315 g/mol. The van der Waals surface area contributed by atoms with Gasteiger partial charge in [0, 0.05) is 41.1 Å². The minimum atomic E-state index is -0.0673. The molecule has 0 spiro atoms. The van der Waals surface area contributed by atoms with Gasteiger partial charge in [0.25, 0.3) is 0 Å². The van der Waals surface area contributed by atoms with Crippen LogP contribution in [0.4, 0.5) is 0 Å². The number of H-pyrrole nitrogens is 1. The SMILES string of the molecule is ClCC1C=CC=CC1(Cc1ccc(Cl)cc1)Cc1ncc[nH]1. The van der Waals surface area contributed by atoms with Crippen molar-refractivity contribution < 1.29 is 0 Å². The van der Waals surface area contributed by atoms with E-state index in [1.54, 1.807) is 6.20 Å². The summed E-state index contributed by atoms with van der Waals surface area (Å²) in [5.74, 6) is 1.86.